The van der Waals surface area contributed by atoms with Crippen LogP contribution in [0.1, 0.15) is 19.4 Å². The molecule has 0 aliphatic carbocycles. The molecule has 6 rings (SSSR count). The van der Waals surface area contributed by atoms with Crippen LogP contribution in [-0.4, -0.2) is 38.8 Å². The lowest BCUT2D eigenvalue weighted by Crippen LogP contribution is -2.14. The summed E-state index contributed by atoms with van der Waals surface area (Å²) in [6.07, 6.45) is -0.818. The molecule has 10 nitrogen and oxygen atoms in total. The van der Waals surface area contributed by atoms with Crippen molar-refractivity contribution >= 4 is 51.4 Å². The van der Waals surface area contributed by atoms with Crippen LogP contribution in [0.5, 0.6) is 17.4 Å². The molecule has 1 aliphatic rings. The Morgan fingerprint density at radius 3 is 2.71 bits per heavy atom. The Morgan fingerprint density at radius 1 is 1.03 bits per heavy atom. The fourth-order valence-electron chi connectivity index (χ4n) is 4.54. The van der Waals surface area contributed by atoms with Crippen molar-refractivity contribution in [2.45, 2.75) is 20.4 Å². The second-order valence-electron chi connectivity index (χ2n) is 8.62. The van der Waals surface area contributed by atoms with Gasteiger partial charge in [0.1, 0.15) is 11.0 Å². The summed E-state index contributed by atoms with van der Waals surface area (Å²) in [6.45, 7) is 3.87. The summed E-state index contributed by atoms with van der Waals surface area (Å²) in [4.78, 5) is 24.4. The summed E-state index contributed by atoms with van der Waals surface area (Å²) < 4.78 is 32.6. The summed E-state index contributed by atoms with van der Waals surface area (Å²) in [6, 6.07) is 16.9. The van der Waals surface area contributed by atoms with E-state index in [1.807, 2.05) is 59.2 Å². The van der Waals surface area contributed by atoms with Crippen LogP contribution >= 0.6 is 11.7 Å². The molecular formula is C27H22N4O6S. The van der Waals surface area contributed by atoms with E-state index in [0.29, 0.717) is 35.2 Å². The molecule has 0 unspecified atom stereocenters. The highest BCUT2D eigenvalue weighted by Gasteiger charge is 2.25. The van der Waals surface area contributed by atoms with Gasteiger partial charge in [0.15, 0.2) is 11.5 Å². The predicted octanol–water partition coefficient (Wildman–Crippen LogP) is 5.58. The van der Waals surface area contributed by atoms with E-state index in [9.17, 15) is 9.59 Å². The van der Waals surface area contributed by atoms with Gasteiger partial charge in [-0.3, -0.25) is 4.79 Å². The Kier molecular flexibility index (Phi) is 6.04. The number of nitrogens with one attached hydrogen (secondary N) is 1. The van der Waals surface area contributed by atoms with Crippen molar-refractivity contribution in [2.24, 2.45) is 0 Å². The lowest BCUT2D eigenvalue weighted by Gasteiger charge is -2.13. The van der Waals surface area contributed by atoms with E-state index < -0.39 is 6.16 Å². The number of hydrogen-bond donors (Lipinski definition) is 1. The number of fused-ring (bicyclic) bond motifs is 3. The number of carbonyl (C=O) groups excluding carboxylic acids is 2. The number of amides is 1. The smallest absolute Gasteiger partial charge is 0.454 e. The van der Waals surface area contributed by atoms with E-state index in [4.69, 9.17) is 18.9 Å². The summed E-state index contributed by atoms with van der Waals surface area (Å²) in [5.74, 6) is 1.45. The maximum atomic E-state index is 12.6. The van der Waals surface area contributed by atoms with Crippen molar-refractivity contribution in [1.82, 2.24) is 13.3 Å². The molecule has 0 radical (unpaired) electrons. The first-order chi connectivity index (χ1) is 18.5. The first kappa shape index (κ1) is 23.7. The Bertz CT molecular complexity index is 1710. The van der Waals surface area contributed by atoms with Crippen LogP contribution in [0.2, 0.25) is 0 Å². The van der Waals surface area contributed by atoms with Gasteiger partial charge in [0, 0.05) is 18.0 Å². The summed E-state index contributed by atoms with van der Waals surface area (Å²) in [5.41, 5.74) is 5.26. The average Bonchev–Trinajstić information content (AvgIpc) is 3.61. The van der Waals surface area contributed by atoms with Crippen molar-refractivity contribution in [1.29, 1.82) is 0 Å². The molecule has 1 N–H and O–H groups in total. The van der Waals surface area contributed by atoms with Crippen LogP contribution in [0.15, 0.2) is 54.6 Å². The number of ether oxygens (including phenoxy) is 4. The molecule has 0 fully saturated rings. The van der Waals surface area contributed by atoms with Crippen LogP contribution in [-0.2, 0) is 16.1 Å². The predicted molar refractivity (Wildman–Crippen MR) is 142 cm³/mol. The number of rotatable bonds is 6. The minimum atomic E-state index is -0.818. The number of benzene rings is 3. The Morgan fingerprint density at radius 2 is 1.87 bits per heavy atom. The fraction of sp³-hybridized carbons (Fsp3) is 0.185. The van der Waals surface area contributed by atoms with E-state index in [-0.39, 0.29) is 19.3 Å². The molecule has 1 amide bonds. The normalized spacial score (nSPS) is 12.2. The molecule has 0 bridgehead atoms. The van der Waals surface area contributed by atoms with Gasteiger partial charge < -0.3 is 28.8 Å². The highest BCUT2D eigenvalue weighted by Crippen LogP contribution is 2.43. The zero-order chi connectivity index (χ0) is 26.2. The Hall–Kier alpha value is -4.64. The average molecular weight is 531 g/mol. The van der Waals surface area contributed by atoms with E-state index >= 15 is 0 Å². The van der Waals surface area contributed by atoms with Gasteiger partial charge in [0.05, 0.1) is 36.0 Å². The van der Waals surface area contributed by atoms with Crippen LogP contribution < -0.4 is 19.5 Å². The van der Waals surface area contributed by atoms with Crippen molar-refractivity contribution in [3.05, 3.63) is 60.2 Å². The third-order valence-corrected chi connectivity index (χ3v) is 6.66. The number of nitrogens with zero attached hydrogens (tertiary/aromatic N) is 3. The third kappa shape index (κ3) is 4.37. The third-order valence-electron chi connectivity index (χ3n) is 6.10. The van der Waals surface area contributed by atoms with Crippen LogP contribution in [0.25, 0.3) is 33.1 Å². The molecule has 3 heterocycles. The van der Waals surface area contributed by atoms with Gasteiger partial charge in [-0.05, 0) is 60.5 Å². The molecule has 0 spiro atoms. The molecule has 38 heavy (non-hydrogen) atoms. The van der Waals surface area contributed by atoms with Gasteiger partial charge in [0.25, 0.3) is 0 Å². The van der Waals surface area contributed by atoms with Crippen LogP contribution in [0.4, 0.5) is 10.5 Å². The first-order valence-corrected chi connectivity index (χ1v) is 12.6. The Labute approximate surface area is 221 Å². The highest BCUT2D eigenvalue weighted by atomic mass is 32.1. The molecule has 2 aromatic heterocycles. The molecule has 0 saturated heterocycles. The summed E-state index contributed by atoms with van der Waals surface area (Å²) >= 11 is 1.13. The molecule has 192 valence electrons. The molecule has 0 atom stereocenters. The highest BCUT2D eigenvalue weighted by molar-refractivity contribution is 7.00. The van der Waals surface area contributed by atoms with Gasteiger partial charge in [-0.2, -0.15) is 8.75 Å². The monoisotopic (exact) mass is 530 g/mol. The van der Waals surface area contributed by atoms with E-state index in [2.05, 4.69) is 14.1 Å². The lowest BCUT2D eigenvalue weighted by atomic mass is 10.0. The fourth-order valence-corrected chi connectivity index (χ4v) is 5.06. The Balaban J connectivity index is 1.58. The number of anilines is 1. The quantitative estimate of drug-likeness (QED) is 0.283. The summed E-state index contributed by atoms with van der Waals surface area (Å²) in [5, 5.41) is 3.61. The molecule has 5 aromatic rings. The van der Waals surface area contributed by atoms with Crippen LogP contribution in [0, 0.1) is 0 Å². The molecule has 3 aromatic carbocycles. The topological polar surface area (TPSA) is 114 Å². The first-order valence-electron chi connectivity index (χ1n) is 11.9. The van der Waals surface area contributed by atoms with E-state index in [1.165, 1.54) is 6.92 Å². The van der Waals surface area contributed by atoms with Gasteiger partial charge in [-0.1, -0.05) is 12.1 Å². The maximum absolute atomic E-state index is 12.6. The summed E-state index contributed by atoms with van der Waals surface area (Å²) in [7, 11) is 0. The van der Waals surface area contributed by atoms with E-state index in [0.717, 1.165) is 44.8 Å². The molecule has 0 saturated carbocycles. The van der Waals surface area contributed by atoms with Gasteiger partial charge in [0.2, 0.25) is 18.6 Å². The van der Waals surface area contributed by atoms with Crippen LogP contribution in [0.3, 0.4) is 0 Å². The largest absolute Gasteiger partial charge is 0.515 e. The van der Waals surface area contributed by atoms with E-state index in [1.54, 1.807) is 6.92 Å². The van der Waals surface area contributed by atoms with Gasteiger partial charge in [-0.15, -0.1) is 0 Å². The second kappa shape index (κ2) is 9.67. The van der Waals surface area contributed by atoms with Gasteiger partial charge in [-0.25, -0.2) is 4.79 Å². The van der Waals surface area contributed by atoms with Gasteiger partial charge >= 0.3 is 6.16 Å². The minimum Gasteiger partial charge on any atom is -0.454 e. The zero-order valence-corrected chi connectivity index (χ0v) is 21.3. The molecule has 11 heteroatoms. The number of aromatic nitrogens is 3. The van der Waals surface area contributed by atoms with Crippen molar-refractivity contribution in [3.8, 4) is 28.5 Å². The maximum Gasteiger partial charge on any atom is 0.515 e. The standard InChI is InChI=1S/C27H22N4O6S/c1-3-34-27(33)37-26-25(17-5-7-20-21(11-17)30-38-29-20)19-12-18(28-15(2)32)6-8-22(19)31(26)13-16-4-9-23-24(10-16)36-14-35-23/h4-12H,3,13-14H2,1-2H3,(H,28,32). The van der Waals surface area contributed by atoms with Crippen molar-refractivity contribution in [2.75, 3.05) is 18.7 Å². The zero-order valence-electron chi connectivity index (χ0n) is 20.5. The SMILES string of the molecule is CCOC(=O)Oc1c(-c2ccc3nsnc3c2)c2cc(NC(C)=O)ccc2n1Cc1ccc2c(c1)OCO2. The minimum absolute atomic E-state index is 0.166. The molecular weight excluding hydrogens is 508 g/mol. The van der Waals surface area contributed by atoms with Crippen molar-refractivity contribution in [3.63, 3.8) is 0 Å². The molecule has 1 aliphatic heterocycles. The lowest BCUT2D eigenvalue weighted by molar-refractivity contribution is -0.114. The number of carbonyl (C=O) groups is 2. The second-order valence-corrected chi connectivity index (χ2v) is 9.15. The van der Waals surface area contributed by atoms with Crippen molar-refractivity contribution < 1.29 is 28.5 Å². The number of hydrogen-bond acceptors (Lipinski definition) is 9.